The second-order valence-corrected chi connectivity index (χ2v) is 9.71. The lowest BCUT2D eigenvalue weighted by Gasteiger charge is -2.22. The fourth-order valence-corrected chi connectivity index (χ4v) is 4.63. The van der Waals surface area contributed by atoms with Crippen molar-refractivity contribution < 1.29 is 9.59 Å². The Morgan fingerprint density at radius 3 is 1.67 bits per heavy atom. The first-order chi connectivity index (χ1) is 17.2. The van der Waals surface area contributed by atoms with E-state index in [1.807, 2.05) is 88.4 Å². The molecular weight excluding hydrogens is 454 g/mol. The molecule has 7 heteroatoms. The summed E-state index contributed by atoms with van der Waals surface area (Å²) in [7, 11) is 0. The Morgan fingerprint density at radius 2 is 1.17 bits per heavy atom. The van der Waals surface area contributed by atoms with Gasteiger partial charge in [0.1, 0.15) is 17.2 Å². The summed E-state index contributed by atoms with van der Waals surface area (Å²) in [5.74, 6) is -0.431. The van der Waals surface area contributed by atoms with Crippen LogP contribution in [-0.4, -0.2) is 24.9 Å². The van der Waals surface area contributed by atoms with Gasteiger partial charge in [0.15, 0.2) is 0 Å². The molecule has 190 valence electrons. The third-order valence-electron chi connectivity index (χ3n) is 6.39. The maximum absolute atomic E-state index is 12.9. The minimum atomic E-state index is -0.633. The van der Waals surface area contributed by atoms with Crippen LogP contribution in [0.25, 0.3) is 0 Å². The van der Waals surface area contributed by atoms with Gasteiger partial charge >= 0.3 is 0 Å². The highest BCUT2D eigenvalue weighted by molar-refractivity contribution is 5.87. The molecule has 0 bridgehead atoms. The Morgan fingerprint density at radius 1 is 0.694 bits per heavy atom. The molecule has 0 saturated heterocycles. The van der Waals surface area contributed by atoms with Crippen LogP contribution in [0.4, 0.5) is 11.4 Å². The van der Waals surface area contributed by atoms with Crippen LogP contribution in [0, 0.1) is 11.8 Å². The highest BCUT2D eigenvalue weighted by Crippen LogP contribution is 2.27. The highest BCUT2D eigenvalue weighted by Gasteiger charge is 2.26. The Balaban J connectivity index is 1.55. The number of nitrogens with one attached hydrogen (secondary N) is 3. The van der Waals surface area contributed by atoms with Gasteiger partial charge in [-0.15, -0.1) is 0 Å². The summed E-state index contributed by atoms with van der Waals surface area (Å²) in [5.41, 5.74) is 0.930. The molecule has 2 atom stereocenters. The molecule has 3 aromatic rings. The van der Waals surface area contributed by atoms with Crippen LogP contribution in [0.15, 0.2) is 70.3 Å². The van der Waals surface area contributed by atoms with Gasteiger partial charge in [-0.3, -0.25) is 19.2 Å². The molecule has 0 heterocycles. The normalized spacial score (nSPS) is 12.9. The fourth-order valence-electron chi connectivity index (χ4n) is 4.63. The van der Waals surface area contributed by atoms with Gasteiger partial charge in [-0.05, 0) is 23.0 Å². The summed E-state index contributed by atoms with van der Waals surface area (Å²) in [6.45, 7) is 8.23. The van der Waals surface area contributed by atoms with Crippen LogP contribution in [0.1, 0.15) is 57.1 Å². The molecule has 3 rings (SSSR count). The number of hydrogen-bond acceptors (Lipinski definition) is 6. The summed E-state index contributed by atoms with van der Waals surface area (Å²) < 4.78 is 0. The van der Waals surface area contributed by atoms with Crippen molar-refractivity contribution in [1.82, 2.24) is 5.32 Å². The lowest BCUT2D eigenvalue weighted by Crippen LogP contribution is -2.41. The van der Waals surface area contributed by atoms with Crippen LogP contribution >= 0.6 is 0 Å². The number of anilines is 2. The van der Waals surface area contributed by atoms with Gasteiger partial charge in [0.05, 0.1) is 12.6 Å². The van der Waals surface area contributed by atoms with Crippen LogP contribution < -0.4 is 26.8 Å². The average Bonchev–Trinajstić information content (AvgIpc) is 2.86. The summed E-state index contributed by atoms with van der Waals surface area (Å²) in [4.78, 5) is 49.9. The van der Waals surface area contributed by atoms with E-state index in [1.54, 1.807) is 0 Å². The average molecular weight is 490 g/mol. The van der Waals surface area contributed by atoms with E-state index in [1.165, 1.54) is 0 Å². The number of carbonyl (C=O) groups is 2. The van der Waals surface area contributed by atoms with E-state index in [-0.39, 0.29) is 66.4 Å². The predicted octanol–water partition coefficient (Wildman–Crippen LogP) is 4.02. The molecule has 3 N–H and O–H groups in total. The van der Waals surface area contributed by atoms with Gasteiger partial charge in [-0.1, -0.05) is 88.4 Å². The monoisotopic (exact) mass is 489 g/mol. The zero-order valence-electron chi connectivity index (χ0n) is 21.3. The minimum absolute atomic E-state index is 0.0107. The van der Waals surface area contributed by atoms with Gasteiger partial charge in [-0.25, -0.2) is 0 Å². The Hall–Kier alpha value is -3.74. The van der Waals surface area contributed by atoms with Crippen LogP contribution in [0.5, 0.6) is 0 Å². The third kappa shape index (κ3) is 6.27. The zero-order valence-corrected chi connectivity index (χ0v) is 21.3. The molecule has 2 unspecified atom stereocenters. The summed E-state index contributed by atoms with van der Waals surface area (Å²) in [5, 5.41) is 8.61. The van der Waals surface area contributed by atoms with Crippen molar-refractivity contribution in [2.75, 3.05) is 23.8 Å². The fraction of sp³-hybridized carbons (Fsp3) is 0.379. The van der Waals surface area contributed by atoms with Crippen LogP contribution in [0.3, 0.4) is 0 Å². The number of amides is 1. The van der Waals surface area contributed by atoms with Crippen molar-refractivity contribution in [2.24, 2.45) is 11.8 Å². The van der Waals surface area contributed by atoms with E-state index in [4.69, 9.17) is 0 Å². The van der Waals surface area contributed by atoms with E-state index in [2.05, 4.69) is 16.0 Å². The first-order valence-corrected chi connectivity index (χ1v) is 12.4. The molecule has 36 heavy (non-hydrogen) atoms. The van der Waals surface area contributed by atoms with Crippen molar-refractivity contribution >= 4 is 23.1 Å². The zero-order chi connectivity index (χ0) is 26.2. The number of rotatable bonds is 13. The second-order valence-electron chi connectivity index (χ2n) is 9.71. The molecule has 0 fully saturated rings. The van der Waals surface area contributed by atoms with Gasteiger partial charge in [0, 0.05) is 18.9 Å². The molecule has 0 aliphatic carbocycles. The summed E-state index contributed by atoms with van der Waals surface area (Å²) >= 11 is 0. The predicted molar refractivity (Wildman–Crippen MR) is 144 cm³/mol. The van der Waals surface area contributed by atoms with E-state index in [9.17, 15) is 19.2 Å². The smallest absolute Gasteiger partial charge is 0.253 e. The molecule has 0 radical (unpaired) electrons. The molecular formula is C29H35N3O4. The van der Waals surface area contributed by atoms with Gasteiger partial charge in [0.25, 0.3) is 10.9 Å². The maximum Gasteiger partial charge on any atom is 0.253 e. The van der Waals surface area contributed by atoms with Crippen LogP contribution in [-0.2, 0) is 9.59 Å². The SMILES string of the molecule is CC(C)C(C(=O)CCNc1c(NCNC(=O)C(c2ccccc2)C(C)C)c(=O)c1=O)c1ccccc1. The molecule has 3 aromatic carbocycles. The molecule has 0 saturated carbocycles. The molecule has 0 aromatic heterocycles. The number of hydrogen-bond donors (Lipinski definition) is 3. The first kappa shape index (κ1) is 26.9. The number of benzene rings is 2. The van der Waals surface area contributed by atoms with Gasteiger partial charge in [0.2, 0.25) is 5.91 Å². The summed E-state index contributed by atoms with van der Waals surface area (Å²) in [6.07, 6.45) is 0.222. The molecule has 7 nitrogen and oxygen atoms in total. The van der Waals surface area contributed by atoms with Gasteiger partial charge in [-0.2, -0.15) is 0 Å². The topological polar surface area (TPSA) is 104 Å². The van der Waals surface area contributed by atoms with Crippen molar-refractivity contribution in [2.45, 2.75) is 46.0 Å². The summed E-state index contributed by atoms with van der Waals surface area (Å²) in [6, 6.07) is 19.2. The van der Waals surface area contributed by atoms with E-state index >= 15 is 0 Å². The van der Waals surface area contributed by atoms with E-state index in [0.29, 0.717) is 0 Å². The van der Waals surface area contributed by atoms with Crippen LogP contribution in [0.2, 0.25) is 0 Å². The lowest BCUT2D eigenvalue weighted by molar-refractivity contribution is -0.123. The number of Topliss-reactive ketones (excluding diaryl/α,β-unsaturated/α-hetero) is 1. The molecule has 0 aliphatic heterocycles. The highest BCUT2D eigenvalue weighted by atomic mass is 16.2. The second kappa shape index (κ2) is 12.3. The Bertz CT molecular complexity index is 1130. The Labute approximate surface area is 212 Å². The molecule has 0 spiro atoms. The minimum Gasteiger partial charge on any atom is -0.380 e. The lowest BCUT2D eigenvalue weighted by atomic mass is 9.84. The van der Waals surface area contributed by atoms with Gasteiger partial charge < -0.3 is 16.0 Å². The largest absolute Gasteiger partial charge is 0.380 e. The number of carbonyl (C=O) groups excluding carboxylic acids is 2. The maximum atomic E-state index is 12.9. The van der Waals surface area contributed by atoms with Crippen molar-refractivity contribution in [3.8, 4) is 0 Å². The quantitative estimate of drug-likeness (QED) is 0.247. The van der Waals surface area contributed by atoms with E-state index in [0.717, 1.165) is 11.1 Å². The van der Waals surface area contributed by atoms with Crippen molar-refractivity contribution in [1.29, 1.82) is 0 Å². The number of ketones is 1. The molecule has 1 amide bonds. The Kier molecular flexibility index (Phi) is 9.17. The first-order valence-electron chi connectivity index (χ1n) is 12.4. The third-order valence-corrected chi connectivity index (χ3v) is 6.39. The van der Waals surface area contributed by atoms with Crippen molar-refractivity contribution in [3.05, 3.63) is 92.2 Å². The van der Waals surface area contributed by atoms with E-state index < -0.39 is 10.9 Å². The van der Waals surface area contributed by atoms with Crippen molar-refractivity contribution in [3.63, 3.8) is 0 Å². The standard InChI is InChI=1S/C29H35N3O4/c1-18(2)23(20-11-7-5-8-12-20)22(33)15-16-30-25-26(28(35)27(25)34)31-17-32-29(36)24(19(3)4)21-13-9-6-10-14-21/h5-14,18-19,23-24,30-31H,15-17H2,1-4H3,(H,32,36). The molecule has 0 aliphatic rings.